The molecule has 4 aliphatic rings. The number of rotatable bonds is 9. The molecule has 4 rings (SSSR count). The van der Waals surface area contributed by atoms with Gasteiger partial charge in [-0.2, -0.15) is 0 Å². The molecule has 6 heteroatoms. The van der Waals surface area contributed by atoms with Gasteiger partial charge in [0, 0.05) is 6.61 Å². The number of hydrogen-bond acceptors (Lipinski definition) is 6. The molecular weight excluding hydrogens is 564 g/mol. The number of aliphatic hydroxyl groups is 3. The van der Waals surface area contributed by atoms with Crippen molar-refractivity contribution in [3.8, 4) is 0 Å². The predicted molar refractivity (Wildman–Crippen MR) is 189 cm³/mol. The Morgan fingerprint density at radius 1 is 0.444 bits per heavy atom. The van der Waals surface area contributed by atoms with Crippen molar-refractivity contribution in [2.45, 2.75) is 166 Å². The Morgan fingerprint density at radius 2 is 0.778 bits per heavy atom. The average molecular weight is 635 g/mol. The zero-order valence-electron chi connectivity index (χ0n) is 28.9. The van der Waals surface area contributed by atoms with E-state index < -0.39 is 0 Å². The molecular formula is C39H70O6. The molecule has 0 amide bonds. The molecule has 2 unspecified atom stereocenters. The lowest BCUT2D eigenvalue weighted by Gasteiger charge is -2.17. The van der Waals surface area contributed by atoms with Gasteiger partial charge in [-0.05, 0) is 135 Å². The van der Waals surface area contributed by atoms with Crippen LogP contribution in [0.4, 0.5) is 0 Å². The maximum atomic E-state index is 9.18. The number of ether oxygens (including phenoxy) is 3. The molecule has 0 fully saturated rings. The van der Waals surface area contributed by atoms with Gasteiger partial charge in [0.05, 0.1) is 50.8 Å². The number of aliphatic hydroxyl groups excluding tert-OH is 3. The van der Waals surface area contributed by atoms with Gasteiger partial charge in [-0.15, -0.1) is 0 Å². The Hall–Kier alpha value is -1.28. The smallest absolute Gasteiger partial charge is 0.0701 e. The highest BCUT2D eigenvalue weighted by atomic mass is 16.5. The number of allylic oxidation sites excluding steroid dienone is 8. The Morgan fingerprint density at radius 3 is 1.16 bits per heavy atom. The lowest BCUT2D eigenvalue weighted by atomic mass is 10.0. The molecule has 0 bridgehead atoms. The average Bonchev–Trinajstić information content (AvgIpc) is 2.99. The first-order valence-corrected chi connectivity index (χ1v) is 18.5. The van der Waals surface area contributed by atoms with Gasteiger partial charge < -0.3 is 29.5 Å². The third-order valence-electron chi connectivity index (χ3n) is 8.35. The summed E-state index contributed by atoms with van der Waals surface area (Å²) in [6.07, 6.45) is 43.4. The van der Waals surface area contributed by atoms with Gasteiger partial charge in [-0.1, -0.05) is 55.5 Å². The highest BCUT2D eigenvalue weighted by molar-refractivity contribution is 4.87. The van der Waals surface area contributed by atoms with Crippen LogP contribution in [0.3, 0.4) is 0 Å². The van der Waals surface area contributed by atoms with Crippen LogP contribution >= 0.6 is 0 Å². The molecule has 6 nitrogen and oxygen atoms in total. The molecule has 4 aliphatic carbocycles. The van der Waals surface area contributed by atoms with Crippen LogP contribution in [-0.4, -0.2) is 72.8 Å². The molecule has 0 saturated heterocycles. The van der Waals surface area contributed by atoms with Crippen LogP contribution in [0.5, 0.6) is 0 Å². The van der Waals surface area contributed by atoms with Crippen LogP contribution in [0, 0.1) is 0 Å². The summed E-state index contributed by atoms with van der Waals surface area (Å²) >= 11 is 0. The topological polar surface area (TPSA) is 88.4 Å². The molecule has 262 valence electrons. The maximum absolute atomic E-state index is 9.18. The van der Waals surface area contributed by atoms with Gasteiger partial charge in [0.15, 0.2) is 0 Å². The molecule has 0 aromatic carbocycles. The monoisotopic (exact) mass is 635 g/mol. The maximum Gasteiger partial charge on any atom is 0.0701 e. The van der Waals surface area contributed by atoms with Crippen molar-refractivity contribution in [3.05, 3.63) is 48.6 Å². The van der Waals surface area contributed by atoms with Crippen molar-refractivity contribution in [2.24, 2.45) is 0 Å². The Bertz CT molecular complexity index is 657. The fraction of sp³-hybridized carbons (Fsp3) is 0.795. The van der Waals surface area contributed by atoms with Gasteiger partial charge in [0.1, 0.15) is 0 Å². The quantitative estimate of drug-likeness (QED) is 0.220. The third-order valence-corrected chi connectivity index (χ3v) is 8.35. The summed E-state index contributed by atoms with van der Waals surface area (Å²) in [4.78, 5) is 0. The highest BCUT2D eigenvalue weighted by Gasteiger charge is 2.10. The lowest BCUT2D eigenvalue weighted by Crippen LogP contribution is -2.15. The van der Waals surface area contributed by atoms with Gasteiger partial charge in [-0.25, -0.2) is 0 Å². The zero-order chi connectivity index (χ0) is 32.5. The van der Waals surface area contributed by atoms with Crippen LogP contribution in [0.2, 0.25) is 0 Å². The third kappa shape index (κ3) is 27.5. The zero-order valence-corrected chi connectivity index (χ0v) is 28.9. The van der Waals surface area contributed by atoms with Crippen molar-refractivity contribution in [1.82, 2.24) is 0 Å². The van der Waals surface area contributed by atoms with Crippen molar-refractivity contribution in [2.75, 3.05) is 33.0 Å². The van der Waals surface area contributed by atoms with Gasteiger partial charge in [0.25, 0.3) is 0 Å². The van der Waals surface area contributed by atoms with Gasteiger partial charge in [-0.3, -0.25) is 0 Å². The number of hydrogen-bond donors (Lipinski definition) is 3. The second-order valence-electron chi connectivity index (χ2n) is 12.5. The highest BCUT2D eigenvalue weighted by Crippen LogP contribution is 2.17. The summed E-state index contributed by atoms with van der Waals surface area (Å²) in [6.45, 7) is 4.39. The van der Waals surface area contributed by atoms with Crippen molar-refractivity contribution in [3.63, 3.8) is 0 Å². The first-order chi connectivity index (χ1) is 22.2. The van der Waals surface area contributed by atoms with Gasteiger partial charge in [0.2, 0.25) is 0 Å². The van der Waals surface area contributed by atoms with E-state index in [1.54, 1.807) is 0 Å². The van der Waals surface area contributed by atoms with Crippen molar-refractivity contribution in [1.29, 1.82) is 0 Å². The standard InChI is InChI=1S/C11H20O.2C10H18O2.C8H14O/c1-2-10-12-11-8-6-4-3-5-7-9-11;2*11-8-9-12-10-6-4-2-1-3-5-7-10;9-8-6-4-2-1-3-5-7-8/h3-4,11H,2,5-10H2,1H3;2*1-2,10-11H,3-9H2;1-2,8-9H,3-7H2/b4-3+;2-1+;2*2-1-/t11-;10-;;/m11../s1. The van der Waals surface area contributed by atoms with E-state index in [0.29, 0.717) is 31.5 Å². The summed E-state index contributed by atoms with van der Waals surface area (Å²) in [6, 6.07) is 0. The second-order valence-corrected chi connectivity index (χ2v) is 12.5. The fourth-order valence-corrected chi connectivity index (χ4v) is 5.74. The van der Waals surface area contributed by atoms with Crippen molar-refractivity contribution >= 4 is 0 Å². The Balaban J connectivity index is 0.000000302. The first kappa shape index (κ1) is 41.7. The van der Waals surface area contributed by atoms with E-state index in [0.717, 1.165) is 83.7 Å². The first-order valence-electron chi connectivity index (χ1n) is 18.5. The van der Waals surface area contributed by atoms with E-state index in [4.69, 9.17) is 24.4 Å². The van der Waals surface area contributed by atoms with Crippen LogP contribution in [0.1, 0.15) is 142 Å². The largest absolute Gasteiger partial charge is 0.394 e. The molecule has 45 heavy (non-hydrogen) atoms. The summed E-state index contributed by atoms with van der Waals surface area (Å²) in [5.41, 5.74) is 0. The summed E-state index contributed by atoms with van der Waals surface area (Å²) in [7, 11) is 0. The predicted octanol–water partition coefficient (Wildman–Crippen LogP) is 8.94. The van der Waals surface area contributed by atoms with E-state index in [1.165, 1.54) is 57.8 Å². The summed E-state index contributed by atoms with van der Waals surface area (Å²) in [5.74, 6) is 0. The molecule has 0 aromatic heterocycles. The second kappa shape index (κ2) is 32.7. The molecule has 0 saturated carbocycles. The molecule has 0 aliphatic heterocycles. The van der Waals surface area contributed by atoms with Crippen molar-refractivity contribution < 1.29 is 29.5 Å². The normalized spacial score (nSPS) is 28.6. The van der Waals surface area contributed by atoms with Crippen LogP contribution < -0.4 is 0 Å². The lowest BCUT2D eigenvalue weighted by molar-refractivity contribution is 0.0186. The van der Waals surface area contributed by atoms with E-state index in [2.05, 4.69) is 55.5 Å². The summed E-state index contributed by atoms with van der Waals surface area (Å²) < 4.78 is 16.7. The van der Waals surface area contributed by atoms with E-state index >= 15 is 0 Å². The minimum absolute atomic E-state index is 0.0325. The Kier molecular flexibility index (Phi) is 30.3. The van der Waals surface area contributed by atoms with Crippen LogP contribution in [0.15, 0.2) is 48.6 Å². The van der Waals surface area contributed by atoms with Crippen LogP contribution in [-0.2, 0) is 14.2 Å². The fourth-order valence-electron chi connectivity index (χ4n) is 5.74. The van der Waals surface area contributed by atoms with E-state index in [-0.39, 0.29) is 19.3 Å². The minimum atomic E-state index is -0.0325. The molecule has 4 atom stereocenters. The van der Waals surface area contributed by atoms with Crippen LogP contribution in [0.25, 0.3) is 0 Å². The summed E-state index contributed by atoms with van der Waals surface area (Å²) in [5, 5.41) is 26.3. The minimum Gasteiger partial charge on any atom is -0.394 e. The molecule has 0 radical (unpaired) electrons. The molecule has 0 aromatic rings. The van der Waals surface area contributed by atoms with E-state index in [1.807, 2.05) is 0 Å². The van der Waals surface area contributed by atoms with E-state index in [9.17, 15) is 5.11 Å². The van der Waals surface area contributed by atoms with Gasteiger partial charge >= 0.3 is 0 Å². The molecule has 3 N–H and O–H groups in total. The SMILES string of the molecule is CCCO[C@@H]1CC/C=C/CCC1.OC1CC/C=C\CCC1.OCCOC1CC/C=C\CCC1.OCCO[C@@H]1CC/C=C/CCC1. The molecule has 0 heterocycles. The Labute approximate surface area is 277 Å². The molecule has 0 spiro atoms.